The summed E-state index contributed by atoms with van der Waals surface area (Å²) in [5.74, 6) is -1.46. The second kappa shape index (κ2) is 10.9. The van der Waals surface area contributed by atoms with Gasteiger partial charge in [-0.15, -0.1) is 0 Å². The molecule has 0 unspecified atom stereocenters. The Bertz CT molecular complexity index is 1380. The maximum Gasteiger partial charge on any atom is 0.356 e. The van der Waals surface area contributed by atoms with Gasteiger partial charge in [-0.05, 0) is 50.1 Å². The zero-order valence-corrected chi connectivity index (χ0v) is 21.6. The van der Waals surface area contributed by atoms with Gasteiger partial charge in [0.1, 0.15) is 10.6 Å². The predicted octanol–water partition coefficient (Wildman–Crippen LogP) is 4.26. The van der Waals surface area contributed by atoms with Crippen LogP contribution in [-0.4, -0.2) is 41.7 Å². The van der Waals surface area contributed by atoms with E-state index in [0.717, 1.165) is 5.56 Å². The van der Waals surface area contributed by atoms with E-state index in [1.165, 1.54) is 29.8 Å². The number of carbonyl (C=O) groups is 2. The average molecular weight is 515 g/mol. The van der Waals surface area contributed by atoms with E-state index in [2.05, 4.69) is 15.1 Å². The number of hydrogen-bond donors (Lipinski definition) is 3. The van der Waals surface area contributed by atoms with Gasteiger partial charge in [-0.1, -0.05) is 38.5 Å². The third kappa shape index (κ3) is 6.10. The number of aromatic nitrogens is 2. The fourth-order valence-corrected chi connectivity index (χ4v) is 4.62. The highest BCUT2D eigenvalue weighted by Crippen LogP contribution is 2.35. The van der Waals surface area contributed by atoms with Crippen LogP contribution in [0.15, 0.2) is 47.4 Å². The Morgan fingerprint density at radius 3 is 2.36 bits per heavy atom. The third-order valence-corrected chi connectivity index (χ3v) is 6.72. The molecule has 1 aromatic heterocycles. The van der Waals surface area contributed by atoms with Gasteiger partial charge in [0.15, 0.2) is 5.69 Å². The Kier molecular flexibility index (Phi) is 8.16. The summed E-state index contributed by atoms with van der Waals surface area (Å²) in [6.45, 7) is 9.07. The van der Waals surface area contributed by atoms with Crippen LogP contribution in [0, 0.1) is 19.8 Å². The number of rotatable bonds is 10. The minimum absolute atomic E-state index is 0.0472. The maximum atomic E-state index is 13.2. The summed E-state index contributed by atoms with van der Waals surface area (Å²) in [6, 6.07) is 11.4. The molecule has 192 valence electrons. The van der Waals surface area contributed by atoms with Crippen molar-refractivity contribution in [3.63, 3.8) is 0 Å². The number of sulfonamides is 1. The zero-order chi connectivity index (χ0) is 26.6. The van der Waals surface area contributed by atoms with Crippen molar-refractivity contribution in [2.24, 2.45) is 5.92 Å². The molecular formula is C25H30N4O6S. The fourth-order valence-electron chi connectivity index (χ4n) is 3.25. The van der Waals surface area contributed by atoms with Gasteiger partial charge < -0.3 is 15.2 Å². The highest BCUT2D eigenvalue weighted by atomic mass is 32.2. The summed E-state index contributed by atoms with van der Waals surface area (Å²) in [7, 11) is -4.05. The molecule has 0 aliphatic heterocycles. The Morgan fingerprint density at radius 1 is 1.11 bits per heavy atom. The summed E-state index contributed by atoms with van der Waals surface area (Å²) >= 11 is 0. The molecule has 0 fully saturated rings. The molecule has 1 amide bonds. The number of benzene rings is 2. The number of hydrogen-bond acceptors (Lipinski definition) is 6. The van der Waals surface area contributed by atoms with Crippen molar-refractivity contribution in [3.8, 4) is 17.3 Å². The Balaban J connectivity index is 2.15. The van der Waals surface area contributed by atoms with Crippen molar-refractivity contribution in [2.45, 2.75) is 45.9 Å². The number of carbonyl (C=O) groups excluding carboxylic acids is 1. The van der Waals surface area contributed by atoms with Crippen molar-refractivity contribution in [2.75, 3.05) is 11.9 Å². The van der Waals surface area contributed by atoms with E-state index >= 15 is 0 Å². The summed E-state index contributed by atoms with van der Waals surface area (Å²) in [6.07, 6.45) is 0.221. The van der Waals surface area contributed by atoms with Crippen molar-refractivity contribution in [3.05, 3.63) is 59.3 Å². The molecule has 0 radical (unpaired) electrons. The Morgan fingerprint density at radius 2 is 1.78 bits per heavy atom. The van der Waals surface area contributed by atoms with E-state index in [4.69, 9.17) is 4.74 Å². The fraction of sp³-hybridized carbons (Fsp3) is 0.320. The molecule has 0 saturated carbocycles. The molecule has 11 heteroatoms. The van der Waals surface area contributed by atoms with Crippen molar-refractivity contribution < 1.29 is 27.9 Å². The van der Waals surface area contributed by atoms with Crippen LogP contribution in [0.4, 0.5) is 5.69 Å². The predicted molar refractivity (Wildman–Crippen MR) is 135 cm³/mol. The van der Waals surface area contributed by atoms with Crippen LogP contribution in [0.2, 0.25) is 0 Å². The molecular weight excluding hydrogens is 484 g/mol. The highest BCUT2D eigenvalue weighted by Gasteiger charge is 2.26. The topological polar surface area (TPSA) is 140 Å². The van der Waals surface area contributed by atoms with Gasteiger partial charge in [0.25, 0.3) is 0 Å². The van der Waals surface area contributed by atoms with Crippen LogP contribution >= 0.6 is 0 Å². The number of nitrogens with zero attached hydrogens (tertiary/aromatic N) is 2. The van der Waals surface area contributed by atoms with E-state index in [0.29, 0.717) is 5.69 Å². The third-order valence-electron chi connectivity index (χ3n) is 5.28. The minimum Gasteiger partial charge on any atom is -0.476 e. The van der Waals surface area contributed by atoms with Crippen molar-refractivity contribution >= 4 is 27.6 Å². The monoisotopic (exact) mass is 514 g/mol. The first kappa shape index (κ1) is 26.9. The number of carboxylic acid groups (broad SMARTS) is 1. The largest absolute Gasteiger partial charge is 0.476 e. The lowest BCUT2D eigenvalue weighted by atomic mass is 10.2. The van der Waals surface area contributed by atoms with Crippen LogP contribution in [0.3, 0.4) is 0 Å². The number of ether oxygens (including phenoxy) is 1. The minimum atomic E-state index is -4.05. The zero-order valence-electron chi connectivity index (χ0n) is 20.8. The lowest BCUT2D eigenvalue weighted by Crippen LogP contribution is -2.28. The molecule has 10 nitrogen and oxygen atoms in total. The second-order valence-electron chi connectivity index (χ2n) is 8.74. The molecule has 3 N–H and O–H groups in total. The molecule has 1 heterocycles. The second-order valence-corrected chi connectivity index (χ2v) is 10.5. The average Bonchev–Trinajstić information content (AvgIpc) is 3.15. The van der Waals surface area contributed by atoms with Crippen LogP contribution < -0.4 is 14.8 Å². The Hall–Kier alpha value is -3.70. The van der Waals surface area contributed by atoms with Gasteiger partial charge in [0, 0.05) is 24.2 Å². The molecule has 3 aromatic rings. The van der Waals surface area contributed by atoms with Crippen molar-refractivity contribution in [1.82, 2.24) is 14.5 Å². The SMILES string of the molecule is CCC(=O)Nc1ccc(Oc2c(C)c(C(=O)O)nn2-c2ccc(C)cc2)c(S(=O)(=O)NCC(C)C)c1. The molecule has 0 bridgehead atoms. The first-order chi connectivity index (χ1) is 16.9. The van der Waals surface area contributed by atoms with Gasteiger partial charge in [0.05, 0.1) is 5.69 Å². The molecule has 0 atom stereocenters. The molecule has 0 aliphatic rings. The van der Waals surface area contributed by atoms with Gasteiger partial charge >= 0.3 is 5.97 Å². The van der Waals surface area contributed by atoms with Crippen molar-refractivity contribution in [1.29, 1.82) is 0 Å². The quantitative estimate of drug-likeness (QED) is 0.367. The molecule has 0 saturated heterocycles. The summed E-state index contributed by atoms with van der Waals surface area (Å²) in [5.41, 5.74) is 1.83. The van der Waals surface area contributed by atoms with Gasteiger partial charge in [-0.25, -0.2) is 17.9 Å². The van der Waals surface area contributed by atoms with E-state index in [-0.39, 0.29) is 58.3 Å². The number of amides is 1. The van der Waals surface area contributed by atoms with E-state index in [1.807, 2.05) is 32.9 Å². The van der Waals surface area contributed by atoms with Crippen LogP contribution in [0.1, 0.15) is 48.8 Å². The van der Waals surface area contributed by atoms with Gasteiger partial charge in [-0.3, -0.25) is 4.79 Å². The number of anilines is 1. The number of nitrogens with one attached hydrogen (secondary N) is 2. The normalized spacial score (nSPS) is 11.5. The van der Waals surface area contributed by atoms with E-state index in [1.54, 1.807) is 19.1 Å². The van der Waals surface area contributed by atoms with E-state index in [9.17, 15) is 23.1 Å². The summed E-state index contributed by atoms with van der Waals surface area (Å²) in [4.78, 5) is 23.5. The summed E-state index contributed by atoms with van der Waals surface area (Å²) < 4.78 is 36.4. The highest BCUT2D eigenvalue weighted by molar-refractivity contribution is 7.89. The number of aromatic carboxylic acids is 1. The Labute approximate surface area is 210 Å². The number of carboxylic acids is 1. The molecule has 3 rings (SSSR count). The first-order valence-corrected chi connectivity index (χ1v) is 12.9. The first-order valence-electron chi connectivity index (χ1n) is 11.4. The molecule has 2 aromatic carbocycles. The smallest absolute Gasteiger partial charge is 0.356 e. The van der Waals surface area contributed by atoms with Crippen LogP contribution in [0.5, 0.6) is 11.6 Å². The van der Waals surface area contributed by atoms with Crippen LogP contribution in [0.25, 0.3) is 5.69 Å². The van der Waals surface area contributed by atoms with Crippen LogP contribution in [-0.2, 0) is 14.8 Å². The lowest BCUT2D eigenvalue weighted by Gasteiger charge is -2.16. The maximum absolute atomic E-state index is 13.2. The molecule has 36 heavy (non-hydrogen) atoms. The molecule has 0 aliphatic carbocycles. The lowest BCUT2D eigenvalue weighted by molar-refractivity contribution is -0.115. The summed E-state index contributed by atoms with van der Waals surface area (Å²) in [5, 5.41) is 16.5. The number of aryl methyl sites for hydroxylation is 1. The standard InChI is InChI=1S/C25H30N4O6S/c1-6-22(30)27-18-9-12-20(21(13-18)36(33,34)26-14-15(2)3)35-24-17(5)23(25(31)32)28-29(24)19-10-7-16(4)8-11-19/h7-13,15,26H,6,14H2,1-5H3,(H,27,30)(H,31,32). The van der Waals surface area contributed by atoms with Gasteiger partial charge in [-0.2, -0.15) is 9.78 Å². The van der Waals surface area contributed by atoms with E-state index < -0.39 is 16.0 Å². The van der Waals surface area contributed by atoms with Gasteiger partial charge in [0.2, 0.25) is 21.8 Å². The molecule has 0 spiro atoms.